The van der Waals surface area contributed by atoms with Gasteiger partial charge in [0.1, 0.15) is 28.9 Å². The Labute approximate surface area is 214 Å². The minimum Gasteiger partial charge on any atom is -0.364 e. The van der Waals surface area contributed by atoms with E-state index in [1.807, 2.05) is 25.1 Å². The molecule has 2 unspecified atom stereocenters. The van der Waals surface area contributed by atoms with Crippen LogP contribution in [0.5, 0.6) is 0 Å². The molecule has 8 nitrogen and oxygen atoms in total. The van der Waals surface area contributed by atoms with E-state index >= 15 is 0 Å². The molecule has 0 spiro atoms. The molecule has 0 bridgehead atoms. The minimum atomic E-state index is -0.283. The minimum absolute atomic E-state index is 0.0185. The lowest BCUT2D eigenvalue weighted by atomic mass is 9.96. The van der Waals surface area contributed by atoms with Gasteiger partial charge in [-0.3, -0.25) is 9.69 Å². The van der Waals surface area contributed by atoms with Gasteiger partial charge in [-0.25, -0.2) is 19.3 Å². The number of nitrogens with zero attached hydrogens (tertiary/aromatic N) is 7. The van der Waals surface area contributed by atoms with Gasteiger partial charge >= 0.3 is 0 Å². The molecule has 0 radical (unpaired) electrons. The van der Waals surface area contributed by atoms with Gasteiger partial charge in [0.2, 0.25) is 0 Å². The summed E-state index contributed by atoms with van der Waals surface area (Å²) in [7, 11) is 1.71. The quantitative estimate of drug-likeness (QED) is 0.424. The molecule has 0 N–H and O–H groups in total. The normalized spacial score (nSPS) is 19.1. The molecule has 1 saturated heterocycles. The lowest BCUT2D eigenvalue weighted by Gasteiger charge is -2.48. The average molecular weight is 498 g/mol. The number of aromatic nitrogens is 4. The Morgan fingerprint density at radius 1 is 1.05 bits per heavy atom. The zero-order chi connectivity index (χ0) is 26.3. The Hall–Kier alpha value is -4.16. The molecular weight excluding hydrogens is 469 g/mol. The second-order valence-corrected chi connectivity index (χ2v) is 9.63. The van der Waals surface area contributed by atoms with Crippen molar-refractivity contribution in [1.29, 1.82) is 5.26 Å². The van der Waals surface area contributed by atoms with Crippen LogP contribution in [0.2, 0.25) is 0 Å². The Morgan fingerprint density at radius 3 is 2.51 bits per heavy atom. The van der Waals surface area contributed by atoms with Crippen molar-refractivity contribution in [3.8, 4) is 6.07 Å². The molecule has 5 rings (SSSR count). The van der Waals surface area contributed by atoms with E-state index in [1.165, 1.54) is 12.1 Å². The molecule has 0 aliphatic carbocycles. The van der Waals surface area contributed by atoms with Crippen LogP contribution in [0, 0.1) is 24.1 Å². The van der Waals surface area contributed by atoms with Crippen molar-refractivity contribution in [2.45, 2.75) is 38.9 Å². The van der Waals surface area contributed by atoms with Gasteiger partial charge < -0.3 is 9.47 Å². The van der Waals surface area contributed by atoms with E-state index in [-0.39, 0.29) is 29.5 Å². The summed E-state index contributed by atoms with van der Waals surface area (Å²) < 4.78 is 15.3. The first-order chi connectivity index (χ1) is 17.8. The number of anilines is 1. The van der Waals surface area contributed by atoms with E-state index in [0.29, 0.717) is 35.6 Å². The van der Waals surface area contributed by atoms with Crippen LogP contribution in [-0.2, 0) is 7.05 Å². The summed E-state index contributed by atoms with van der Waals surface area (Å²) in [6.07, 6.45) is 1.75. The highest BCUT2D eigenvalue weighted by Gasteiger charge is 2.36. The van der Waals surface area contributed by atoms with Gasteiger partial charge in [0.05, 0.1) is 22.9 Å². The number of rotatable bonds is 4. The van der Waals surface area contributed by atoms with Crippen LogP contribution in [0.3, 0.4) is 0 Å². The number of hydrogen-bond donors (Lipinski definition) is 0. The summed E-state index contributed by atoms with van der Waals surface area (Å²) in [6.45, 7) is 7.41. The van der Waals surface area contributed by atoms with E-state index in [2.05, 4.69) is 39.7 Å². The Bertz CT molecular complexity index is 1560. The van der Waals surface area contributed by atoms with Crippen LogP contribution >= 0.6 is 0 Å². The van der Waals surface area contributed by atoms with Gasteiger partial charge in [0.25, 0.3) is 5.56 Å². The van der Waals surface area contributed by atoms with Crippen molar-refractivity contribution in [2.24, 2.45) is 7.05 Å². The maximum atomic E-state index is 13.8. The number of benzene rings is 1. The third-order valence-electron chi connectivity index (χ3n) is 7.12. The molecule has 1 aromatic carbocycles. The summed E-state index contributed by atoms with van der Waals surface area (Å²) in [5.74, 6) is 0.393. The third-order valence-corrected chi connectivity index (χ3v) is 7.12. The highest BCUT2D eigenvalue weighted by molar-refractivity contribution is 5.89. The van der Waals surface area contributed by atoms with Crippen molar-refractivity contribution >= 4 is 16.7 Å². The Kier molecular flexibility index (Phi) is 6.44. The van der Waals surface area contributed by atoms with Crippen LogP contribution in [0.4, 0.5) is 10.1 Å². The number of pyridine rings is 2. The Morgan fingerprint density at radius 2 is 1.81 bits per heavy atom. The van der Waals surface area contributed by atoms with Crippen molar-refractivity contribution < 1.29 is 4.39 Å². The molecule has 3 atom stereocenters. The van der Waals surface area contributed by atoms with Crippen LogP contribution in [0.15, 0.2) is 59.5 Å². The largest absolute Gasteiger partial charge is 0.364 e. The van der Waals surface area contributed by atoms with Crippen molar-refractivity contribution in [3.63, 3.8) is 0 Å². The highest BCUT2D eigenvalue weighted by atomic mass is 19.1. The SMILES string of the molecule is Cc1nccc(C(c2ccc(F)cc2)N2C[C@H](C)N(c3cc(=O)n(C)c4ccc(C#N)nc34)CC2C)n1. The van der Waals surface area contributed by atoms with E-state index in [0.717, 1.165) is 16.9 Å². The average Bonchev–Trinajstić information content (AvgIpc) is 2.89. The first-order valence-electron chi connectivity index (χ1n) is 12.2. The van der Waals surface area contributed by atoms with Gasteiger partial charge in [0.15, 0.2) is 0 Å². The van der Waals surface area contributed by atoms with Crippen LogP contribution in [0.25, 0.3) is 11.0 Å². The zero-order valence-electron chi connectivity index (χ0n) is 21.3. The molecule has 0 amide bonds. The summed E-state index contributed by atoms with van der Waals surface area (Å²) in [4.78, 5) is 30.9. The monoisotopic (exact) mass is 497 g/mol. The van der Waals surface area contributed by atoms with Crippen molar-refractivity contribution in [2.75, 3.05) is 18.0 Å². The van der Waals surface area contributed by atoms with Gasteiger partial charge in [-0.2, -0.15) is 5.26 Å². The second-order valence-electron chi connectivity index (χ2n) is 9.63. The van der Waals surface area contributed by atoms with Crippen molar-refractivity contribution in [3.05, 3.63) is 93.7 Å². The molecule has 3 aromatic heterocycles. The van der Waals surface area contributed by atoms with Gasteiger partial charge in [-0.1, -0.05) is 12.1 Å². The summed E-state index contributed by atoms with van der Waals surface area (Å²) >= 11 is 0. The predicted molar refractivity (Wildman–Crippen MR) is 140 cm³/mol. The smallest absolute Gasteiger partial charge is 0.252 e. The second kappa shape index (κ2) is 9.71. The topological polar surface area (TPSA) is 90.9 Å². The van der Waals surface area contributed by atoms with Crippen LogP contribution in [0.1, 0.15) is 42.7 Å². The first-order valence-corrected chi connectivity index (χ1v) is 12.2. The predicted octanol–water partition coefficient (Wildman–Crippen LogP) is 3.73. The Balaban J connectivity index is 1.56. The van der Waals surface area contributed by atoms with Gasteiger partial charge in [-0.15, -0.1) is 0 Å². The van der Waals surface area contributed by atoms with Crippen LogP contribution in [-0.4, -0.2) is 49.6 Å². The van der Waals surface area contributed by atoms with E-state index in [4.69, 9.17) is 4.98 Å². The molecular formula is C28H28FN7O. The van der Waals surface area contributed by atoms with E-state index in [1.54, 1.807) is 36.0 Å². The van der Waals surface area contributed by atoms with Crippen LogP contribution < -0.4 is 10.5 Å². The van der Waals surface area contributed by atoms with E-state index in [9.17, 15) is 14.4 Å². The number of aryl methyl sites for hydroxylation is 2. The molecule has 9 heteroatoms. The third kappa shape index (κ3) is 4.56. The molecule has 1 fully saturated rings. The zero-order valence-corrected chi connectivity index (χ0v) is 21.3. The molecule has 4 aromatic rings. The van der Waals surface area contributed by atoms with E-state index < -0.39 is 0 Å². The fraction of sp³-hybridized carbons (Fsp3) is 0.321. The fourth-order valence-electron chi connectivity index (χ4n) is 5.25. The van der Waals surface area contributed by atoms with Gasteiger partial charge in [-0.05, 0) is 56.7 Å². The first kappa shape index (κ1) is 24.5. The summed E-state index contributed by atoms with van der Waals surface area (Å²) in [6, 6.07) is 15.5. The molecule has 1 aliphatic heterocycles. The summed E-state index contributed by atoms with van der Waals surface area (Å²) in [5, 5.41) is 9.43. The lowest BCUT2D eigenvalue weighted by Crippen LogP contribution is -2.57. The number of halogens is 1. The maximum absolute atomic E-state index is 13.8. The number of piperazine rings is 1. The number of hydrogen-bond acceptors (Lipinski definition) is 7. The maximum Gasteiger partial charge on any atom is 0.252 e. The molecule has 188 valence electrons. The number of nitriles is 1. The fourth-order valence-corrected chi connectivity index (χ4v) is 5.25. The summed E-state index contributed by atoms with van der Waals surface area (Å²) in [5.41, 5.74) is 4.03. The lowest BCUT2D eigenvalue weighted by molar-refractivity contribution is 0.127. The van der Waals surface area contributed by atoms with Gasteiger partial charge in [0, 0.05) is 44.5 Å². The molecule has 0 saturated carbocycles. The highest BCUT2D eigenvalue weighted by Crippen LogP contribution is 2.35. The van der Waals surface area contributed by atoms with Crippen molar-refractivity contribution in [1.82, 2.24) is 24.4 Å². The molecule has 4 heterocycles. The standard InChI is InChI=1S/C28H28FN7O/c1-17-16-36(28(20-5-7-21(29)8-6-20)23-11-12-31-19(3)32-23)18(2)15-35(17)25-13-26(37)34(4)24-10-9-22(14-30)33-27(24)25/h5-13,17-18,28H,15-16H2,1-4H3/t17-,18?,28?/m0/s1. The molecule has 1 aliphatic rings. The molecule has 37 heavy (non-hydrogen) atoms. The number of fused-ring (bicyclic) bond motifs is 1.